The molecule has 0 radical (unpaired) electrons. The van der Waals surface area contributed by atoms with Crippen LogP contribution in [0.2, 0.25) is 0 Å². The summed E-state index contributed by atoms with van der Waals surface area (Å²) in [5.41, 5.74) is -8.21. The van der Waals surface area contributed by atoms with Crippen molar-refractivity contribution in [3.8, 4) is 0 Å². The van der Waals surface area contributed by atoms with Gasteiger partial charge in [0.1, 0.15) is 0 Å². The second kappa shape index (κ2) is 6.10. The van der Waals surface area contributed by atoms with Crippen LogP contribution in [0.4, 0.5) is 70.2 Å². The molecule has 0 aliphatic rings. The highest BCUT2D eigenvalue weighted by atomic mass is 19.4. The van der Waals surface area contributed by atoms with Gasteiger partial charge in [0.2, 0.25) is 0 Å². The van der Waals surface area contributed by atoms with Gasteiger partial charge in [-0.1, -0.05) is 0 Å². The summed E-state index contributed by atoms with van der Waals surface area (Å²) in [5.74, 6) is -23.9. The number of allylic oxidation sites excluding steroid dienone is 1. The Kier molecular flexibility index (Phi) is 5.77. The molecule has 0 aromatic carbocycles. The molecule has 0 spiro atoms. The van der Waals surface area contributed by atoms with Crippen molar-refractivity contribution in [2.45, 2.75) is 42.0 Å². The fourth-order valence-corrected chi connectivity index (χ4v) is 1.38. The van der Waals surface area contributed by atoms with Crippen molar-refractivity contribution >= 4 is 0 Å². The molecule has 25 heavy (non-hydrogen) atoms. The van der Waals surface area contributed by atoms with Crippen LogP contribution in [0.1, 0.15) is 0 Å². The SMILES string of the molecule is FC(F)=CC(F)C(F)(F)C(F)(C(F)(F)F)C(F)(F)C(F)(F)C(F)(F)F. The van der Waals surface area contributed by atoms with E-state index >= 15 is 0 Å². The first-order chi connectivity index (χ1) is 10.6. The normalized spacial score (nSPS) is 18.6. The molecule has 0 aromatic heterocycles. The van der Waals surface area contributed by atoms with Crippen LogP contribution in [0.15, 0.2) is 12.2 Å². The van der Waals surface area contributed by atoms with Crippen molar-refractivity contribution in [2.24, 2.45) is 0 Å². The van der Waals surface area contributed by atoms with E-state index in [2.05, 4.69) is 0 Å². The Labute approximate surface area is 126 Å². The van der Waals surface area contributed by atoms with Gasteiger partial charge in [-0.2, -0.15) is 61.5 Å². The van der Waals surface area contributed by atoms with Crippen LogP contribution in [0.5, 0.6) is 0 Å². The molecule has 0 aliphatic heterocycles. The first-order valence-corrected chi connectivity index (χ1v) is 5.21. The summed E-state index contributed by atoms with van der Waals surface area (Å²) in [6, 6.07) is 0. The van der Waals surface area contributed by atoms with Crippen LogP contribution >= 0.6 is 0 Å². The molecule has 0 amide bonds. The predicted octanol–water partition coefficient (Wildman–Crippen LogP) is 5.84. The molecule has 0 fully saturated rings. The molecule has 2 unspecified atom stereocenters. The highest BCUT2D eigenvalue weighted by Gasteiger charge is 2.93. The van der Waals surface area contributed by atoms with Crippen LogP contribution in [-0.4, -0.2) is 42.0 Å². The van der Waals surface area contributed by atoms with E-state index in [-0.39, 0.29) is 0 Å². The highest BCUT2D eigenvalue weighted by Crippen LogP contribution is 2.62. The van der Waals surface area contributed by atoms with Gasteiger partial charge in [0.15, 0.2) is 6.17 Å². The number of halogens is 16. The molecular formula is C9H2F16. The van der Waals surface area contributed by atoms with Gasteiger partial charge in [-0.05, 0) is 0 Å². The molecule has 0 bridgehead atoms. The minimum Gasteiger partial charge on any atom is -0.236 e. The van der Waals surface area contributed by atoms with Gasteiger partial charge in [-0.25, -0.2) is 8.78 Å². The van der Waals surface area contributed by atoms with Crippen molar-refractivity contribution in [3.05, 3.63) is 12.2 Å². The van der Waals surface area contributed by atoms with Crippen LogP contribution in [0, 0.1) is 0 Å². The molecule has 0 aromatic rings. The number of alkyl halides is 14. The molecule has 0 rings (SSSR count). The summed E-state index contributed by atoms with van der Waals surface area (Å²) in [5, 5.41) is 0. The zero-order chi connectivity index (χ0) is 20.9. The topological polar surface area (TPSA) is 0 Å². The molecule has 2 atom stereocenters. The molecule has 0 N–H and O–H groups in total. The maximum atomic E-state index is 13.5. The summed E-state index contributed by atoms with van der Waals surface area (Å²) in [4.78, 5) is 0. The minimum absolute atomic E-state index is 1.87. The number of hydrogen-bond acceptors (Lipinski definition) is 0. The quantitative estimate of drug-likeness (QED) is 0.496. The molecule has 0 heterocycles. The summed E-state index contributed by atoms with van der Waals surface area (Å²) >= 11 is 0. The number of rotatable bonds is 5. The Morgan fingerprint density at radius 1 is 0.600 bits per heavy atom. The van der Waals surface area contributed by atoms with Crippen molar-refractivity contribution in [1.29, 1.82) is 0 Å². The van der Waals surface area contributed by atoms with E-state index in [1.54, 1.807) is 0 Å². The Morgan fingerprint density at radius 2 is 0.960 bits per heavy atom. The van der Waals surface area contributed by atoms with E-state index in [1.165, 1.54) is 0 Å². The zero-order valence-electron chi connectivity index (χ0n) is 10.7. The van der Waals surface area contributed by atoms with Crippen molar-refractivity contribution in [3.63, 3.8) is 0 Å². The Morgan fingerprint density at radius 3 is 1.20 bits per heavy atom. The van der Waals surface area contributed by atoms with E-state index < -0.39 is 54.1 Å². The monoisotopic (exact) mass is 414 g/mol. The van der Waals surface area contributed by atoms with E-state index in [0.29, 0.717) is 0 Å². The van der Waals surface area contributed by atoms with E-state index in [0.717, 1.165) is 0 Å². The first-order valence-electron chi connectivity index (χ1n) is 5.21. The lowest BCUT2D eigenvalue weighted by molar-refractivity contribution is -0.443. The van der Waals surface area contributed by atoms with Crippen LogP contribution in [-0.2, 0) is 0 Å². The molecular weight excluding hydrogens is 412 g/mol. The minimum atomic E-state index is -8.34. The third-order valence-corrected chi connectivity index (χ3v) is 2.65. The third kappa shape index (κ3) is 3.35. The Bertz CT molecular complexity index is 505. The standard InChI is InChI=1S/C9H2F16/c10-2(1-3(11)12)4(13,14)5(15,8(20,21)22)6(16,17)7(18,19)9(23,24)25/h1-2H. The van der Waals surface area contributed by atoms with Crippen molar-refractivity contribution < 1.29 is 70.2 Å². The fourth-order valence-electron chi connectivity index (χ4n) is 1.38. The average Bonchev–Trinajstić information content (AvgIpc) is 2.33. The summed E-state index contributed by atoms with van der Waals surface area (Å²) in [6.45, 7) is 0. The molecule has 0 saturated carbocycles. The molecule has 16 heteroatoms. The van der Waals surface area contributed by atoms with Gasteiger partial charge in [0.25, 0.3) is 6.08 Å². The van der Waals surface area contributed by atoms with Gasteiger partial charge in [0.05, 0.1) is 0 Å². The average molecular weight is 414 g/mol. The largest absolute Gasteiger partial charge is 0.460 e. The van der Waals surface area contributed by atoms with E-state index in [4.69, 9.17) is 0 Å². The summed E-state index contributed by atoms with van der Waals surface area (Å²) in [7, 11) is 0. The molecule has 0 saturated heterocycles. The van der Waals surface area contributed by atoms with E-state index in [9.17, 15) is 70.2 Å². The van der Waals surface area contributed by atoms with Gasteiger partial charge in [0, 0.05) is 6.08 Å². The Balaban J connectivity index is 6.79. The maximum absolute atomic E-state index is 13.5. The number of hydrogen-bond donors (Lipinski definition) is 0. The second-order valence-electron chi connectivity index (χ2n) is 4.28. The smallest absolute Gasteiger partial charge is 0.236 e. The van der Waals surface area contributed by atoms with E-state index in [1.807, 2.05) is 0 Å². The van der Waals surface area contributed by atoms with Gasteiger partial charge in [-0.3, -0.25) is 0 Å². The van der Waals surface area contributed by atoms with Crippen LogP contribution in [0.25, 0.3) is 0 Å². The fraction of sp³-hybridized carbons (Fsp3) is 0.778. The van der Waals surface area contributed by atoms with Gasteiger partial charge < -0.3 is 0 Å². The lowest BCUT2D eigenvalue weighted by Crippen LogP contribution is -2.75. The lowest BCUT2D eigenvalue weighted by Gasteiger charge is -2.43. The summed E-state index contributed by atoms with van der Waals surface area (Å²) in [6.07, 6.45) is -26.5. The lowest BCUT2D eigenvalue weighted by atomic mass is 9.83. The second-order valence-corrected chi connectivity index (χ2v) is 4.28. The van der Waals surface area contributed by atoms with Crippen LogP contribution < -0.4 is 0 Å². The van der Waals surface area contributed by atoms with Gasteiger partial charge >= 0.3 is 35.8 Å². The summed E-state index contributed by atoms with van der Waals surface area (Å²) < 4.78 is 199. The zero-order valence-corrected chi connectivity index (χ0v) is 10.7. The van der Waals surface area contributed by atoms with Crippen molar-refractivity contribution in [1.82, 2.24) is 0 Å². The molecule has 0 nitrogen and oxygen atoms in total. The van der Waals surface area contributed by atoms with Gasteiger partial charge in [-0.15, -0.1) is 0 Å². The highest BCUT2D eigenvalue weighted by molar-refractivity contribution is 5.19. The molecule has 150 valence electrons. The third-order valence-electron chi connectivity index (χ3n) is 2.65. The maximum Gasteiger partial charge on any atom is 0.460 e. The van der Waals surface area contributed by atoms with Crippen molar-refractivity contribution in [2.75, 3.05) is 0 Å². The predicted molar refractivity (Wildman–Crippen MR) is 46.0 cm³/mol. The molecule has 0 aliphatic carbocycles. The Hall–Kier alpha value is -1.38. The first kappa shape index (κ1) is 23.6. The van der Waals surface area contributed by atoms with Crippen LogP contribution in [0.3, 0.4) is 0 Å².